The fraction of sp³-hybridized carbons (Fsp3) is 0.333. The Bertz CT molecular complexity index is 1090. The summed E-state index contributed by atoms with van der Waals surface area (Å²) < 4.78 is 25.6. The molecule has 2 fully saturated rings. The zero-order valence-corrected chi connectivity index (χ0v) is 19.9. The topological polar surface area (TPSA) is 49.4 Å². The highest BCUT2D eigenvalue weighted by molar-refractivity contribution is 6.53. The van der Waals surface area contributed by atoms with E-state index in [1.54, 1.807) is 18.2 Å². The molecule has 1 heterocycles. The predicted octanol–water partition coefficient (Wildman–Crippen LogP) is 6.65. The number of nitrogens with zero attached hydrogens (tertiary/aromatic N) is 1. The van der Waals surface area contributed by atoms with Crippen LogP contribution in [-0.4, -0.2) is 40.1 Å². The second-order valence-electron chi connectivity index (χ2n) is 7.85. The van der Waals surface area contributed by atoms with E-state index < -0.39 is 46.9 Å². The number of nitrogens with one attached hydrogen (secondary N) is 1. The molecular weight excluding hydrogens is 528 g/mol. The lowest BCUT2D eigenvalue weighted by Crippen LogP contribution is -2.31. The SMILES string of the molecule is O=C(Nc1ccc(Cl)c(C(=O)N2CCC(F)(F)C2)c1)[C@H]1[C@H](c2cc(Cl)cc(Cl)c2)C1(Cl)Cl. The first kappa shape index (κ1) is 23.8. The lowest BCUT2D eigenvalue weighted by atomic mass is 10.1. The predicted molar refractivity (Wildman–Crippen MR) is 123 cm³/mol. The van der Waals surface area contributed by atoms with Gasteiger partial charge in [0.1, 0.15) is 4.33 Å². The van der Waals surface area contributed by atoms with Crippen LogP contribution in [0.3, 0.4) is 0 Å². The van der Waals surface area contributed by atoms with Gasteiger partial charge in [-0.1, -0.05) is 34.8 Å². The first-order valence-corrected chi connectivity index (χ1v) is 11.4. The third kappa shape index (κ3) is 4.66. The number of carbonyl (C=O) groups is 2. The number of benzene rings is 2. The van der Waals surface area contributed by atoms with E-state index in [1.807, 2.05) is 0 Å². The van der Waals surface area contributed by atoms with Crippen LogP contribution in [0.25, 0.3) is 0 Å². The van der Waals surface area contributed by atoms with Gasteiger partial charge in [0.15, 0.2) is 0 Å². The van der Waals surface area contributed by atoms with Crippen molar-refractivity contribution < 1.29 is 18.4 Å². The van der Waals surface area contributed by atoms with Gasteiger partial charge in [-0.15, -0.1) is 23.2 Å². The number of anilines is 1. The van der Waals surface area contributed by atoms with Crippen LogP contribution in [0, 0.1) is 5.92 Å². The number of hydrogen-bond donors (Lipinski definition) is 1. The minimum atomic E-state index is -2.93. The molecule has 2 aromatic rings. The Kier molecular flexibility index (Phi) is 6.31. The zero-order valence-electron chi connectivity index (χ0n) is 16.1. The Morgan fingerprint density at radius 1 is 1.03 bits per heavy atom. The summed E-state index contributed by atoms with van der Waals surface area (Å²) in [7, 11) is 0. The highest BCUT2D eigenvalue weighted by atomic mass is 35.5. The molecular formula is C21H15Cl5F2N2O2. The van der Waals surface area contributed by atoms with E-state index in [0.717, 1.165) is 4.90 Å². The smallest absolute Gasteiger partial charge is 0.267 e. The summed E-state index contributed by atoms with van der Waals surface area (Å²) in [5.74, 6) is -5.38. The first-order valence-electron chi connectivity index (χ1n) is 9.50. The molecule has 4 nitrogen and oxygen atoms in total. The van der Waals surface area contributed by atoms with Gasteiger partial charge >= 0.3 is 0 Å². The fourth-order valence-electron chi connectivity index (χ4n) is 3.89. The normalized spacial score (nSPS) is 23.2. The Morgan fingerprint density at radius 2 is 1.69 bits per heavy atom. The van der Waals surface area contributed by atoms with Crippen molar-refractivity contribution in [3.05, 3.63) is 62.6 Å². The number of amides is 2. The van der Waals surface area contributed by atoms with E-state index in [9.17, 15) is 18.4 Å². The van der Waals surface area contributed by atoms with Gasteiger partial charge in [-0.25, -0.2) is 8.78 Å². The molecule has 0 radical (unpaired) electrons. The molecule has 0 bridgehead atoms. The molecule has 32 heavy (non-hydrogen) atoms. The van der Waals surface area contributed by atoms with Gasteiger partial charge in [0.05, 0.1) is 23.0 Å². The molecule has 1 saturated carbocycles. The molecule has 4 rings (SSSR count). The summed E-state index contributed by atoms with van der Waals surface area (Å²) in [4.78, 5) is 26.6. The first-order chi connectivity index (χ1) is 14.9. The van der Waals surface area contributed by atoms with Crippen molar-refractivity contribution in [3.63, 3.8) is 0 Å². The third-order valence-electron chi connectivity index (χ3n) is 5.50. The van der Waals surface area contributed by atoms with Gasteiger partial charge in [-0.3, -0.25) is 9.59 Å². The van der Waals surface area contributed by atoms with Crippen LogP contribution in [0.4, 0.5) is 14.5 Å². The molecule has 1 N–H and O–H groups in total. The molecule has 2 atom stereocenters. The van der Waals surface area contributed by atoms with Crippen LogP contribution in [-0.2, 0) is 4.79 Å². The monoisotopic (exact) mass is 540 g/mol. The summed E-state index contributed by atoms with van der Waals surface area (Å²) in [5.41, 5.74) is 0.890. The summed E-state index contributed by atoms with van der Waals surface area (Å²) in [6, 6.07) is 9.07. The lowest BCUT2D eigenvalue weighted by molar-refractivity contribution is -0.117. The van der Waals surface area contributed by atoms with Crippen molar-refractivity contribution in [1.29, 1.82) is 0 Å². The molecule has 1 saturated heterocycles. The van der Waals surface area contributed by atoms with Gasteiger partial charge in [0.25, 0.3) is 11.8 Å². The summed E-state index contributed by atoms with van der Waals surface area (Å²) in [6.07, 6.45) is -0.406. The van der Waals surface area contributed by atoms with Crippen LogP contribution >= 0.6 is 58.0 Å². The highest BCUT2D eigenvalue weighted by Crippen LogP contribution is 2.65. The molecule has 2 amide bonds. The van der Waals surface area contributed by atoms with Crippen LogP contribution in [0.15, 0.2) is 36.4 Å². The molecule has 11 heteroatoms. The van der Waals surface area contributed by atoms with Gasteiger partial charge in [-0.2, -0.15) is 0 Å². The molecule has 1 aliphatic carbocycles. The second-order valence-corrected chi connectivity index (χ2v) is 10.6. The second kappa shape index (κ2) is 8.48. The van der Waals surface area contributed by atoms with Crippen molar-refractivity contribution in [1.82, 2.24) is 4.90 Å². The van der Waals surface area contributed by atoms with Crippen molar-refractivity contribution >= 4 is 75.5 Å². The summed E-state index contributed by atoms with van der Waals surface area (Å²) in [5, 5.41) is 3.52. The van der Waals surface area contributed by atoms with Crippen LogP contribution in [0.2, 0.25) is 15.1 Å². The zero-order chi connectivity index (χ0) is 23.4. The molecule has 2 aromatic carbocycles. The third-order valence-corrected chi connectivity index (χ3v) is 7.21. The van der Waals surface area contributed by atoms with E-state index in [1.165, 1.54) is 18.2 Å². The Morgan fingerprint density at radius 3 is 2.28 bits per heavy atom. The lowest BCUT2D eigenvalue weighted by Gasteiger charge is -2.17. The van der Waals surface area contributed by atoms with Crippen molar-refractivity contribution in [3.8, 4) is 0 Å². The number of likely N-dealkylation sites (tertiary alicyclic amines) is 1. The molecule has 0 unspecified atom stereocenters. The quantitative estimate of drug-likeness (QED) is 0.440. The van der Waals surface area contributed by atoms with E-state index >= 15 is 0 Å². The van der Waals surface area contributed by atoms with Gasteiger partial charge in [-0.05, 0) is 42.0 Å². The van der Waals surface area contributed by atoms with Crippen LogP contribution in [0.5, 0.6) is 0 Å². The highest BCUT2D eigenvalue weighted by Gasteiger charge is 2.67. The summed E-state index contributed by atoms with van der Waals surface area (Å²) in [6.45, 7) is -0.753. The molecule has 2 aliphatic rings. The Balaban J connectivity index is 1.51. The fourth-order valence-corrected chi connectivity index (χ4v) is 5.46. The summed E-state index contributed by atoms with van der Waals surface area (Å²) >= 11 is 30.9. The Hall–Kier alpha value is -1.31. The van der Waals surface area contributed by atoms with Crippen molar-refractivity contribution in [2.45, 2.75) is 22.6 Å². The average molecular weight is 543 g/mol. The van der Waals surface area contributed by atoms with E-state index in [-0.39, 0.29) is 22.8 Å². The molecule has 0 spiro atoms. The number of hydrogen-bond acceptors (Lipinski definition) is 2. The molecule has 1 aliphatic heterocycles. The Labute approximate surface area is 207 Å². The largest absolute Gasteiger partial charge is 0.332 e. The van der Waals surface area contributed by atoms with Gasteiger partial charge in [0, 0.05) is 34.6 Å². The van der Waals surface area contributed by atoms with E-state index in [0.29, 0.717) is 15.6 Å². The molecule has 170 valence electrons. The maximum atomic E-state index is 13.5. The maximum absolute atomic E-state index is 13.5. The molecule has 0 aromatic heterocycles. The number of carbonyl (C=O) groups excluding carboxylic acids is 2. The minimum Gasteiger partial charge on any atom is -0.332 e. The van der Waals surface area contributed by atoms with E-state index in [2.05, 4.69) is 5.32 Å². The maximum Gasteiger partial charge on any atom is 0.267 e. The average Bonchev–Trinajstić information content (AvgIpc) is 3.08. The van der Waals surface area contributed by atoms with Crippen LogP contribution in [0.1, 0.15) is 28.3 Å². The number of halogens is 7. The minimum absolute atomic E-state index is 0.0131. The number of rotatable bonds is 4. The van der Waals surface area contributed by atoms with Crippen molar-refractivity contribution in [2.24, 2.45) is 5.92 Å². The van der Waals surface area contributed by atoms with Crippen molar-refractivity contribution in [2.75, 3.05) is 18.4 Å². The van der Waals surface area contributed by atoms with Crippen LogP contribution < -0.4 is 5.32 Å². The van der Waals surface area contributed by atoms with Gasteiger partial charge in [0.2, 0.25) is 5.91 Å². The van der Waals surface area contributed by atoms with Gasteiger partial charge < -0.3 is 10.2 Å². The number of alkyl halides is 4. The van der Waals surface area contributed by atoms with E-state index in [4.69, 9.17) is 58.0 Å². The standard InChI is InChI=1S/C21H15Cl5F2N2O2/c22-11-5-10(6-12(23)7-11)16-17(21(16,25)26)18(31)29-13-1-2-15(24)14(8-13)19(32)30-4-3-20(27,28)9-30/h1-2,5-8,16-17H,3-4,9H2,(H,29,31)/t16-,17+/m0/s1.